The summed E-state index contributed by atoms with van der Waals surface area (Å²) in [4.78, 5) is 0.133. The molecule has 1 aliphatic rings. The minimum Gasteiger partial charge on any atom is -0.395 e. The largest absolute Gasteiger partial charge is 0.395 e. The van der Waals surface area contributed by atoms with Crippen molar-refractivity contribution in [3.8, 4) is 0 Å². The molecule has 1 aliphatic heterocycles. The van der Waals surface area contributed by atoms with Crippen LogP contribution < -0.4 is 5.32 Å². The number of nitrogens with zero attached hydrogens (tertiary/aromatic N) is 2. The average molecular weight is 274 g/mol. The van der Waals surface area contributed by atoms with E-state index < -0.39 is 10.0 Å². The number of aromatic nitrogens is 2. The first-order valence-electron chi connectivity index (χ1n) is 5.98. The lowest BCUT2D eigenvalue weighted by Gasteiger charge is -2.23. The van der Waals surface area contributed by atoms with Crippen LogP contribution in [-0.4, -0.2) is 60.3 Å². The molecule has 1 atom stereocenters. The van der Waals surface area contributed by atoms with Crippen molar-refractivity contribution in [2.45, 2.75) is 23.8 Å². The van der Waals surface area contributed by atoms with Gasteiger partial charge in [-0.3, -0.25) is 5.10 Å². The Morgan fingerprint density at radius 2 is 2.39 bits per heavy atom. The van der Waals surface area contributed by atoms with E-state index in [9.17, 15) is 8.42 Å². The summed E-state index contributed by atoms with van der Waals surface area (Å²) in [5.41, 5.74) is 0. The van der Waals surface area contributed by atoms with Gasteiger partial charge in [0.05, 0.1) is 12.8 Å². The third kappa shape index (κ3) is 2.89. The minimum atomic E-state index is -3.57. The van der Waals surface area contributed by atoms with E-state index in [0.29, 0.717) is 6.54 Å². The van der Waals surface area contributed by atoms with Gasteiger partial charge in [0.15, 0.2) is 0 Å². The highest BCUT2D eigenvalue weighted by Gasteiger charge is 2.28. The fourth-order valence-corrected chi connectivity index (χ4v) is 3.49. The first-order chi connectivity index (χ1) is 8.64. The maximum Gasteiger partial charge on any atom is 0.246 e. The zero-order valence-electron chi connectivity index (χ0n) is 10.0. The van der Waals surface area contributed by atoms with Crippen LogP contribution in [0.1, 0.15) is 12.8 Å². The molecule has 0 saturated carbocycles. The van der Waals surface area contributed by atoms with Gasteiger partial charge in [-0.2, -0.15) is 9.40 Å². The lowest BCUT2D eigenvalue weighted by atomic mass is 10.2. The molecule has 102 valence electrons. The number of hydrogen-bond donors (Lipinski definition) is 3. The molecule has 0 radical (unpaired) electrons. The summed E-state index contributed by atoms with van der Waals surface area (Å²) in [5, 5.41) is 18.4. The number of aliphatic hydroxyl groups is 1. The predicted molar refractivity (Wildman–Crippen MR) is 65.5 cm³/mol. The molecular weight excluding hydrogens is 256 g/mol. The molecule has 3 N–H and O–H groups in total. The second-order valence-corrected chi connectivity index (χ2v) is 6.25. The molecule has 1 unspecified atom stereocenters. The molecular formula is C10H18N4O3S. The lowest BCUT2D eigenvalue weighted by Crippen LogP contribution is -2.42. The van der Waals surface area contributed by atoms with Crippen molar-refractivity contribution in [2.75, 3.05) is 26.2 Å². The van der Waals surface area contributed by atoms with Gasteiger partial charge >= 0.3 is 0 Å². The number of aromatic amines is 1. The zero-order valence-corrected chi connectivity index (χ0v) is 10.9. The maximum atomic E-state index is 12.3. The van der Waals surface area contributed by atoms with Crippen LogP contribution in [-0.2, 0) is 10.0 Å². The quantitative estimate of drug-likeness (QED) is 0.627. The summed E-state index contributed by atoms with van der Waals surface area (Å²) in [6, 6.07) is 0.165. The molecule has 0 aromatic carbocycles. The number of nitrogens with one attached hydrogen (secondary N) is 2. The van der Waals surface area contributed by atoms with Crippen LogP contribution in [0.5, 0.6) is 0 Å². The van der Waals surface area contributed by atoms with Crippen molar-refractivity contribution < 1.29 is 13.5 Å². The van der Waals surface area contributed by atoms with E-state index in [1.165, 1.54) is 16.7 Å². The Morgan fingerprint density at radius 3 is 2.94 bits per heavy atom. The van der Waals surface area contributed by atoms with Crippen LogP contribution in [0.4, 0.5) is 0 Å². The van der Waals surface area contributed by atoms with Crippen LogP contribution in [0.15, 0.2) is 17.3 Å². The SMILES string of the molecule is O=S(=O)(c1cn[nH]c1)N(CCO)CC1CCCN1. The number of hydrogen-bond acceptors (Lipinski definition) is 5. The summed E-state index contributed by atoms with van der Waals surface area (Å²) in [6.07, 6.45) is 4.65. The topological polar surface area (TPSA) is 98.3 Å². The molecule has 0 amide bonds. The van der Waals surface area contributed by atoms with E-state index in [4.69, 9.17) is 5.11 Å². The highest BCUT2D eigenvalue weighted by atomic mass is 32.2. The molecule has 1 fully saturated rings. The highest BCUT2D eigenvalue weighted by Crippen LogP contribution is 2.16. The molecule has 1 aromatic rings. The van der Waals surface area contributed by atoms with Crippen LogP contribution in [0.25, 0.3) is 0 Å². The summed E-state index contributed by atoms with van der Waals surface area (Å²) in [6.45, 7) is 1.22. The third-order valence-corrected chi connectivity index (χ3v) is 4.88. The van der Waals surface area contributed by atoms with Gasteiger partial charge < -0.3 is 10.4 Å². The Bertz CT molecular complexity index is 453. The Kier molecular flexibility index (Phi) is 4.33. The van der Waals surface area contributed by atoms with Gasteiger partial charge in [-0.05, 0) is 19.4 Å². The van der Waals surface area contributed by atoms with Crippen molar-refractivity contribution in [2.24, 2.45) is 0 Å². The summed E-state index contributed by atoms with van der Waals surface area (Å²) < 4.78 is 25.9. The first kappa shape index (κ1) is 13.5. The van der Waals surface area contributed by atoms with Crippen molar-refractivity contribution in [3.63, 3.8) is 0 Å². The van der Waals surface area contributed by atoms with Crippen LogP contribution in [0.3, 0.4) is 0 Å². The van der Waals surface area contributed by atoms with Crippen molar-refractivity contribution in [1.82, 2.24) is 19.8 Å². The maximum absolute atomic E-state index is 12.3. The summed E-state index contributed by atoms with van der Waals surface area (Å²) in [7, 11) is -3.57. The fourth-order valence-electron chi connectivity index (χ4n) is 2.11. The van der Waals surface area contributed by atoms with Gasteiger partial charge in [0.1, 0.15) is 4.90 Å². The van der Waals surface area contributed by atoms with E-state index >= 15 is 0 Å². The average Bonchev–Trinajstić information content (AvgIpc) is 3.01. The van der Waals surface area contributed by atoms with Gasteiger partial charge in [-0.15, -0.1) is 0 Å². The number of H-pyrrole nitrogens is 1. The molecule has 1 saturated heterocycles. The van der Waals surface area contributed by atoms with E-state index in [2.05, 4.69) is 15.5 Å². The molecule has 8 heteroatoms. The number of sulfonamides is 1. The zero-order chi connectivity index (χ0) is 13.0. The van der Waals surface area contributed by atoms with Crippen molar-refractivity contribution in [1.29, 1.82) is 0 Å². The Hall–Kier alpha value is -0.960. The standard InChI is InChI=1S/C10H18N4O3S/c15-5-4-14(8-9-2-1-3-11-9)18(16,17)10-6-12-13-7-10/h6-7,9,11,15H,1-5,8H2,(H,12,13). The lowest BCUT2D eigenvalue weighted by molar-refractivity contribution is 0.246. The molecule has 0 spiro atoms. The molecule has 2 heterocycles. The van der Waals surface area contributed by atoms with Crippen LogP contribution >= 0.6 is 0 Å². The van der Waals surface area contributed by atoms with Crippen molar-refractivity contribution >= 4 is 10.0 Å². The molecule has 1 aromatic heterocycles. The van der Waals surface area contributed by atoms with Gasteiger partial charge in [-0.25, -0.2) is 8.42 Å². The minimum absolute atomic E-state index is 0.103. The van der Waals surface area contributed by atoms with Gasteiger partial charge in [0.25, 0.3) is 0 Å². The van der Waals surface area contributed by atoms with Gasteiger partial charge in [0, 0.05) is 25.3 Å². The van der Waals surface area contributed by atoms with Crippen LogP contribution in [0, 0.1) is 0 Å². The Labute approximate surface area is 106 Å². The fraction of sp³-hybridized carbons (Fsp3) is 0.700. The van der Waals surface area contributed by atoms with Crippen molar-refractivity contribution in [3.05, 3.63) is 12.4 Å². The second kappa shape index (κ2) is 5.79. The molecule has 0 bridgehead atoms. The van der Waals surface area contributed by atoms with E-state index in [0.717, 1.165) is 19.4 Å². The molecule has 0 aliphatic carbocycles. The summed E-state index contributed by atoms with van der Waals surface area (Å²) >= 11 is 0. The normalized spacial score (nSPS) is 20.7. The highest BCUT2D eigenvalue weighted by molar-refractivity contribution is 7.89. The van der Waals surface area contributed by atoms with Gasteiger partial charge in [0.2, 0.25) is 10.0 Å². The number of rotatable bonds is 6. The van der Waals surface area contributed by atoms with E-state index in [1.807, 2.05) is 0 Å². The molecule has 7 nitrogen and oxygen atoms in total. The predicted octanol–water partition coefficient (Wildman–Crippen LogP) is -0.855. The third-order valence-electron chi connectivity index (χ3n) is 3.05. The van der Waals surface area contributed by atoms with E-state index in [-0.39, 0.29) is 24.1 Å². The first-order valence-corrected chi connectivity index (χ1v) is 7.42. The van der Waals surface area contributed by atoms with Crippen LogP contribution in [0.2, 0.25) is 0 Å². The van der Waals surface area contributed by atoms with Gasteiger partial charge in [-0.1, -0.05) is 0 Å². The smallest absolute Gasteiger partial charge is 0.246 e. The molecule has 2 rings (SSSR count). The summed E-state index contributed by atoms with van der Waals surface area (Å²) in [5.74, 6) is 0. The molecule has 18 heavy (non-hydrogen) atoms. The second-order valence-electron chi connectivity index (χ2n) is 4.31. The van der Waals surface area contributed by atoms with E-state index in [1.54, 1.807) is 0 Å². The Balaban J connectivity index is 2.13. The Morgan fingerprint density at radius 1 is 1.56 bits per heavy atom. The monoisotopic (exact) mass is 274 g/mol. The number of aliphatic hydroxyl groups excluding tert-OH is 1.